The van der Waals surface area contributed by atoms with Gasteiger partial charge in [0.05, 0.1) is 25.0 Å². The Kier molecular flexibility index (Phi) is 8.01. The molecule has 0 bridgehead atoms. The third-order valence-corrected chi connectivity index (χ3v) is 6.43. The summed E-state index contributed by atoms with van der Waals surface area (Å²) in [7, 11) is -3.63. The van der Waals surface area contributed by atoms with Crippen molar-refractivity contribution in [1.82, 2.24) is 5.32 Å². The average molecular weight is 493 g/mol. The van der Waals surface area contributed by atoms with E-state index in [4.69, 9.17) is 27.9 Å². The Balaban J connectivity index is 1.65. The summed E-state index contributed by atoms with van der Waals surface area (Å²) >= 11 is 12.4. The number of ether oxygens (including phenoxy) is 1. The summed E-state index contributed by atoms with van der Waals surface area (Å²) in [6.45, 7) is 0.629. The van der Waals surface area contributed by atoms with Crippen molar-refractivity contribution in [3.8, 4) is 5.75 Å². The van der Waals surface area contributed by atoms with Gasteiger partial charge in [-0.15, -0.1) is 0 Å². The molecule has 3 aromatic rings. The summed E-state index contributed by atoms with van der Waals surface area (Å²) in [6, 6.07) is 20.6. The first-order chi connectivity index (χ1) is 15.3. The number of benzene rings is 3. The topological polar surface area (TPSA) is 75.7 Å². The fourth-order valence-electron chi connectivity index (χ4n) is 2.96. The summed E-state index contributed by atoms with van der Waals surface area (Å²) in [6.07, 6.45) is 1.10. The molecule has 0 spiro atoms. The van der Waals surface area contributed by atoms with Crippen LogP contribution in [0.1, 0.15) is 15.9 Å². The van der Waals surface area contributed by atoms with Crippen molar-refractivity contribution in [3.05, 3.63) is 94.0 Å². The zero-order valence-corrected chi connectivity index (χ0v) is 19.6. The number of amides is 1. The molecule has 0 atom stereocenters. The fraction of sp³-hybridized carbons (Fsp3) is 0.174. The highest BCUT2D eigenvalue weighted by Crippen LogP contribution is 2.29. The van der Waals surface area contributed by atoms with Crippen LogP contribution in [-0.2, 0) is 16.6 Å². The van der Waals surface area contributed by atoms with Crippen molar-refractivity contribution >= 4 is 44.8 Å². The fourth-order valence-corrected chi connectivity index (χ4v) is 4.34. The predicted octanol–water partition coefficient (Wildman–Crippen LogP) is 4.77. The number of anilines is 1. The molecular weight excluding hydrogens is 471 g/mol. The summed E-state index contributed by atoms with van der Waals surface area (Å²) in [4.78, 5) is 12.4. The van der Waals surface area contributed by atoms with Crippen LogP contribution in [0.5, 0.6) is 5.75 Å². The van der Waals surface area contributed by atoms with Gasteiger partial charge in [0.2, 0.25) is 10.0 Å². The lowest BCUT2D eigenvalue weighted by Gasteiger charge is -2.23. The second-order valence-corrected chi connectivity index (χ2v) is 9.66. The molecule has 168 valence electrons. The van der Waals surface area contributed by atoms with Crippen LogP contribution in [0.4, 0.5) is 5.69 Å². The molecule has 0 aliphatic rings. The molecule has 0 aliphatic heterocycles. The minimum absolute atomic E-state index is 0.0281. The maximum Gasteiger partial charge on any atom is 0.251 e. The summed E-state index contributed by atoms with van der Waals surface area (Å²) < 4.78 is 31.6. The third kappa shape index (κ3) is 6.38. The van der Waals surface area contributed by atoms with E-state index < -0.39 is 10.0 Å². The van der Waals surface area contributed by atoms with Crippen molar-refractivity contribution in [2.45, 2.75) is 6.54 Å². The van der Waals surface area contributed by atoms with E-state index in [1.165, 1.54) is 4.31 Å². The Hall–Kier alpha value is -2.74. The molecule has 32 heavy (non-hydrogen) atoms. The molecule has 3 aromatic carbocycles. The summed E-state index contributed by atoms with van der Waals surface area (Å²) in [5, 5.41) is 3.52. The van der Waals surface area contributed by atoms with Crippen molar-refractivity contribution in [2.75, 3.05) is 23.7 Å². The van der Waals surface area contributed by atoms with Crippen molar-refractivity contribution in [3.63, 3.8) is 0 Å². The van der Waals surface area contributed by atoms with Gasteiger partial charge >= 0.3 is 0 Å². The lowest BCUT2D eigenvalue weighted by Crippen LogP contribution is -2.30. The molecule has 0 aliphatic carbocycles. The monoisotopic (exact) mass is 492 g/mol. The third-order valence-electron chi connectivity index (χ3n) is 4.58. The van der Waals surface area contributed by atoms with E-state index in [-0.39, 0.29) is 12.5 Å². The minimum Gasteiger partial charge on any atom is -0.492 e. The minimum atomic E-state index is -3.63. The van der Waals surface area contributed by atoms with E-state index in [0.717, 1.165) is 12.0 Å². The molecule has 0 heterocycles. The summed E-state index contributed by atoms with van der Waals surface area (Å²) in [5.41, 5.74) is 1.30. The van der Waals surface area contributed by atoms with Gasteiger partial charge in [-0.2, -0.15) is 0 Å². The number of rotatable bonds is 9. The quantitative estimate of drug-likeness (QED) is 0.436. The maximum absolute atomic E-state index is 12.4. The molecule has 0 aromatic heterocycles. The highest BCUT2D eigenvalue weighted by Gasteiger charge is 2.21. The van der Waals surface area contributed by atoms with Gasteiger partial charge in [-0.3, -0.25) is 9.10 Å². The average Bonchev–Trinajstić information content (AvgIpc) is 2.76. The normalized spacial score (nSPS) is 11.1. The molecule has 0 saturated heterocycles. The number of nitrogens with one attached hydrogen (secondary N) is 1. The smallest absolute Gasteiger partial charge is 0.251 e. The lowest BCUT2D eigenvalue weighted by molar-refractivity contribution is 0.0947. The van der Waals surface area contributed by atoms with Crippen LogP contribution in [0.25, 0.3) is 0 Å². The highest BCUT2D eigenvalue weighted by atomic mass is 35.5. The number of sulfonamides is 1. The van der Waals surface area contributed by atoms with Crippen LogP contribution in [0.3, 0.4) is 0 Å². The molecule has 0 radical (unpaired) electrons. The Bertz CT molecular complexity index is 1150. The van der Waals surface area contributed by atoms with Crippen molar-refractivity contribution < 1.29 is 17.9 Å². The van der Waals surface area contributed by atoms with Gasteiger partial charge in [0.15, 0.2) is 0 Å². The zero-order chi connectivity index (χ0) is 23.1. The first-order valence-electron chi connectivity index (χ1n) is 9.72. The van der Waals surface area contributed by atoms with Crippen LogP contribution in [0.15, 0.2) is 72.8 Å². The Morgan fingerprint density at radius 3 is 2.16 bits per heavy atom. The first kappa shape index (κ1) is 23.9. The van der Waals surface area contributed by atoms with Crippen molar-refractivity contribution in [1.29, 1.82) is 0 Å². The van der Waals surface area contributed by atoms with E-state index in [0.29, 0.717) is 40.0 Å². The van der Waals surface area contributed by atoms with Crippen LogP contribution >= 0.6 is 23.2 Å². The second-order valence-electron chi connectivity index (χ2n) is 6.93. The van der Waals surface area contributed by atoms with Gasteiger partial charge in [0.1, 0.15) is 12.4 Å². The number of carbonyl (C=O) groups is 1. The Morgan fingerprint density at radius 1 is 0.938 bits per heavy atom. The predicted molar refractivity (Wildman–Crippen MR) is 128 cm³/mol. The number of nitrogens with zero attached hydrogens (tertiary/aromatic N) is 1. The Labute approximate surface area is 197 Å². The van der Waals surface area contributed by atoms with Gasteiger partial charge in [0, 0.05) is 21.2 Å². The lowest BCUT2D eigenvalue weighted by atomic mass is 10.1. The molecule has 0 unspecified atom stereocenters. The Morgan fingerprint density at radius 2 is 1.56 bits per heavy atom. The number of halogens is 2. The molecule has 3 rings (SSSR count). The van der Waals surface area contributed by atoms with Gasteiger partial charge in [-0.1, -0.05) is 47.5 Å². The maximum atomic E-state index is 12.4. The highest BCUT2D eigenvalue weighted by molar-refractivity contribution is 7.92. The van der Waals surface area contributed by atoms with E-state index in [1.54, 1.807) is 42.5 Å². The molecule has 1 N–H and O–H groups in total. The van der Waals surface area contributed by atoms with Gasteiger partial charge in [-0.05, 0) is 48.5 Å². The van der Waals surface area contributed by atoms with Gasteiger partial charge in [-0.25, -0.2) is 8.42 Å². The van der Waals surface area contributed by atoms with Crippen LogP contribution in [0, 0.1) is 0 Å². The van der Waals surface area contributed by atoms with E-state index >= 15 is 0 Å². The van der Waals surface area contributed by atoms with Gasteiger partial charge < -0.3 is 10.1 Å². The van der Waals surface area contributed by atoms with Gasteiger partial charge in [0.25, 0.3) is 5.91 Å². The van der Waals surface area contributed by atoms with E-state index in [2.05, 4.69) is 5.32 Å². The van der Waals surface area contributed by atoms with Crippen LogP contribution in [0.2, 0.25) is 10.0 Å². The van der Waals surface area contributed by atoms with E-state index in [9.17, 15) is 13.2 Å². The molecular formula is C23H22Cl2N2O4S. The SMILES string of the molecule is CS(=O)(=O)N(Cc1c(Cl)cccc1Cl)c1ccc(C(=O)NCCOc2ccccc2)cc1. The number of para-hydroxylation sites is 1. The number of carbonyl (C=O) groups excluding carboxylic acids is 1. The van der Waals surface area contributed by atoms with Crippen LogP contribution < -0.4 is 14.4 Å². The summed E-state index contributed by atoms with van der Waals surface area (Å²) in [5.74, 6) is 0.443. The van der Waals surface area contributed by atoms with Crippen molar-refractivity contribution in [2.24, 2.45) is 0 Å². The molecule has 6 nitrogen and oxygen atoms in total. The largest absolute Gasteiger partial charge is 0.492 e. The van der Waals surface area contributed by atoms with Crippen LogP contribution in [-0.4, -0.2) is 33.7 Å². The zero-order valence-electron chi connectivity index (χ0n) is 17.3. The standard InChI is InChI=1S/C23H22Cl2N2O4S/c1-32(29,30)27(16-20-21(24)8-5-9-22(20)25)18-12-10-17(11-13-18)23(28)26-14-15-31-19-6-3-2-4-7-19/h2-13H,14-16H2,1H3,(H,26,28). The second kappa shape index (κ2) is 10.7. The molecule has 1 amide bonds. The molecule has 0 fully saturated rings. The van der Waals surface area contributed by atoms with E-state index in [1.807, 2.05) is 30.3 Å². The first-order valence-corrected chi connectivity index (χ1v) is 12.3. The number of hydrogen-bond acceptors (Lipinski definition) is 4. The number of hydrogen-bond donors (Lipinski definition) is 1. The molecule has 9 heteroatoms. The molecule has 0 saturated carbocycles.